The summed E-state index contributed by atoms with van der Waals surface area (Å²) in [5.74, 6) is -0.412. The number of rotatable bonds is 3. The first kappa shape index (κ1) is 12.4. The number of amides is 1. The van der Waals surface area contributed by atoms with Crippen LogP contribution >= 0.6 is 0 Å². The van der Waals surface area contributed by atoms with Crippen molar-refractivity contribution in [3.63, 3.8) is 0 Å². The van der Waals surface area contributed by atoms with Crippen molar-refractivity contribution in [2.24, 2.45) is 5.73 Å². The van der Waals surface area contributed by atoms with E-state index in [0.717, 1.165) is 0 Å². The van der Waals surface area contributed by atoms with E-state index in [9.17, 15) is 9.59 Å². The normalized spacial score (nSPS) is 18.7. The largest absolute Gasteiger partial charge is 0.465 e. The molecule has 1 aliphatic heterocycles. The Bertz CT molecular complexity index is 458. The molecule has 1 saturated heterocycles. The number of anilines is 1. The van der Waals surface area contributed by atoms with E-state index < -0.39 is 12.1 Å². The van der Waals surface area contributed by atoms with E-state index in [1.165, 1.54) is 12.0 Å². The number of carbonyl (C=O) groups is 2. The SMILES string of the molecule is COC(=O)c1ccc(N2CC(CN)OC2=O)cc1. The lowest BCUT2D eigenvalue weighted by atomic mass is 10.2. The van der Waals surface area contributed by atoms with Crippen molar-refractivity contribution in [1.29, 1.82) is 0 Å². The summed E-state index contributed by atoms with van der Waals surface area (Å²) in [7, 11) is 1.32. The predicted molar refractivity (Wildman–Crippen MR) is 64.5 cm³/mol. The van der Waals surface area contributed by atoms with Gasteiger partial charge in [0.1, 0.15) is 6.10 Å². The molecule has 0 aromatic heterocycles. The van der Waals surface area contributed by atoms with Crippen LogP contribution in [0.2, 0.25) is 0 Å². The maximum absolute atomic E-state index is 11.6. The molecule has 1 heterocycles. The minimum absolute atomic E-state index is 0.280. The zero-order chi connectivity index (χ0) is 13.1. The standard InChI is InChI=1S/C12H14N2O4/c1-17-11(15)8-2-4-9(5-3-8)14-7-10(6-13)18-12(14)16/h2-5,10H,6-7,13H2,1H3. The third-order valence-electron chi connectivity index (χ3n) is 2.74. The molecule has 6 heteroatoms. The first-order valence-corrected chi connectivity index (χ1v) is 5.52. The molecule has 18 heavy (non-hydrogen) atoms. The average molecular weight is 250 g/mol. The Morgan fingerprint density at radius 1 is 1.50 bits per heavy atom. The van der Waals surface area contributed by atoms with Gasteiger partial charge in [-0.2, -0.15) is 0 Å². The molecule has 1 amide bonds. The zero-order valence-electron chi connectivity index (χ0n) is 9.96. The van der Waals surface area contributed by atoms with Crippen LogP contribution in [0.1, 0.15) is 10.4 Å². The van der Waals surface area contributed by atoms with E-state index in [1.54, 1.807) is 24.3 Å². The van der Waals surface area contributed by atoms with Gasteiger partial charge in [0.25, 0.3) is 0 Å². The summed E-state index contributed by atoms with van der Waals surface area (Å²) < 4.78 is 9.64. The van der Waals surface area contributed by atoms with Crippen molar-refractivity contribution in [3.8, 4) is 0 Å². The molecule has 1 atom stereocenters. The first-order chi connectivity index (χ1) is 8.65. The number of hydrogen-bond donors (Lipinski definition) is 1. The fraction of sp³-hybridized carbons (Fsp3) is 0.333. The van der Waals surface area contributed by atoms with Gasteiger partial charge in [-0.05, 0) is 24.3 Å². The highest BCUT2D eigenvalue weighted by atomic mass is 16.6. The summed E-state index contributed by atoms with van der Waals surface area (Å²) in [6.07, 6.45) is -0.700. The monoisotopic (exact) mass is 250 g/mol. The summed E-state index contributed by atoms with van der Waals surface area (Å²) in [5.41, 5.74) is 6.56. The van der Waals surface area contributed by atoms with Gasteiger partial charge >= 0.3 is 12.1 Å². The lowest BCUT2D eigenvalue weighted by Gasteiger charge is -2.12. The van der Waals surface area contributed by atoms with Gasteiger partial charge in [-0.25, -0.2) is 9.59 Å². The molecule has 1 fully saturated rings. The number of esters is 1. The summed E-state index contributed by atoms with van der Waals surface area (Å²) in [5, 5.41) is 0. The molecule has 1 unspecified atom stereocenters. The van der Waals surface area contributed by atoms with Crippen LogP contribution < -0.4 is 10.6 Å². The van der Waals surface area contributed by atoms with E-state index in [2.05, 4.69) is 4.74 Å². The lowest BCUT2D eigenvalue weighted by Crippen LogP contribution is -2.27. The van der Waals surface area contributed by atoms with E-state index in [0.29, 0.717) is 24.3 Å². The second-order valence-corrected chi connectivity index (χ2v) is 3.89. The van der Waals surface area contributed by atoms with Crippen LogP contribution in [-0.4, -0.2) is 38.4 Å². The first-order valence-electron chi connectivity index (χ1n) is 5.52. The Kier molecular flexibility index (Phi) is 3.47. The van der Waals surface area contributed by atoms with Crippen LogP contribution in [0.15, 0.2) is 24.3 Å². The van der Waals surface area contributed by atoms with E-state index >= 15 is 0 Å². The minimum atomic E-state index is -0.420. The van der Waals surface area contributed by atoms with Crippen LogP contribution in [-0.2, 0) is 9.47 Å². The number of benzene rings is 1. The number of hydrogen-bond acceptors (Lipinski definition) is 5. The average Bonchev–Trinajstić information content (AvgIpc) is 2.79. The summed E-state index contributed by atoms with van der Waals surface area (Å²) in [6.45, 7) is 0.718. The van der Waals surface area contributed by atoms with E-state index in [-0.39, 0.29) is 6.10 Å². The van der Waals surface area contributed by atoms with Crippen molar-refractivity contribution >= 4 is 17.7 Å². The van der Waals surface area contributed by atoms with Crippen molar-refractivity contribution in [3.05, 3.63) is 29.8 Å². The summed E-state index contributed by atoms with van der Waals surface area (Å²) >= 11 is 0. The van der Waals surface area contributed by atoms with Crippen LogP contribution in [0.5, 0.6) is 0 Å². The van der Waals surface area contributed by atoms with Gasteiger partial charge in [0.2, 0.25) is 0 Å². The third kappa shape index (κ3) is 2.28. The Hall–Kier alpha value is -2.08. The molecular weight excluding hydrogens is 236 g/mol. The van der Waals surface area contributed by atoms with Crippen LogP contribution in [0.4, 0.5) is 10.5 Å². The van der Waals surface area contributed by atoms with E-state index in [1.807, 2.05) is 0 Å². The lowest BCUT2D eigenvalue weighted by molar-refractivity contribution is 0.0600. The maximum atomic E-state index is 11.6. The third-order valence-corrected chi connectivity index (χ3v) is 2.74. The van der Waals surface area contributed by atoms with Crippen molar-refractivity contribution in [1.82, 2.24) is 0 Å². The summed E-state index contributed by atoms with van der Waals surface area (Å²) in [4.78, 5) is 24.3. The number of methoxy groups -OCH3 is 1. The second-order valence-electron chi connectivity index (χ2n) is 3.89. The second kappa shape index (κ2) is 5.05. The fourth-order valence-electron chi connectivity index (χ4n) is 1.75. The van der Waals surface area contributed by atoms with Crippen molar-refractivity contribution in [2.45, 2.75) is 6.10 Å². The molecule has 2 rings (SSSR count). The molecule has 0 spiro atoms. The van der Waals surface area contributed by atoms with Gasteiger partial charge in [0, 0.05) is 12.2 Å². The van der Waals surface area contributed by atoms with Gasteiger partial charge in [-0.3, -0.25) is 4.90 Å². The molecule has 0 aliphatic carbocycles. The highest BCUT2D eigenvalue weighted by Crippen LogP contribution is 2.21. The van der Waals surface area contributed by atoms with Gasteiger partial charge in [-0.15, -0.1) is 0 Å². The molecule has 0 radical (unpaired) electrons. The van der Waals surface area contributed by atoms with Gasteiger partial charge < -0.3 is 15.2 Å². The Balaban J connectivity index is 2.15. The highest BCUT2D eigenvalue weighted by molar-refractivity contribution is 5.92. The quantitative estimate of drug-likeness (QED) is 0.801. The summed E-state index contributed by atoms with van der Waals surface area (Å²) in [6, 6.07) is 6.55. The van der Waals surface area contributed by atoms with Crippen LogP contribution in [0.25, 0.3) is 0 Å². The van der Waals surface area contributed by atoms with E-state index in [4.69, 9.17) is 10.5 Å². The Labute approximate surface area is 104 Å². The minimum Gasteiger partial charge on any atom is -0.465 e. The predicted octanol–water partition coefficient (Wildman–Crippen LogP) is 0.757. The topological polar surface area (TPSA) is 81.9 Å². The zero-order valence-corrected chi connectivity index (χ0v) is 9.96. The number of nitrogens with zero attached hydrogens (tertiary/aromatic N) is 1. The fourth-order valence-corrected chi connectivity index (χ4v) is 1.75. The number of carbonyl (C=O) groups excluding carboxylic acids is 2. The molecule has 0 bridgehead atoms. The smallest absolute Gasteiger partial charge is 0.414 e. The molecule has 1 aliphatic rings. The van der Waals surface area contributed by atoms with Crippen molar-refractivity contribution < 1.29 is 19.1 Å². The molecule has 2 N–H and O–H groups in total. The van der Waals surface area contributed by atoms with Gasteiger partial charge in [0.15, 0.2) is 0 Å². The number of nitrogens with two attached hydrogens (primary N) is 1. The molecule has 1 aromatic rings. The Morgan fingerprint density at radius 3 is 2.67 bits per heavy atom. The highest BCUT2D eigenvalue weighted by Gasteiger charge is 2.31. The van der Waals surface area contributed by atoms with Crippen LogP contribution in [0.3, 0.4) is 0 Å². The molecule has 96 valence electrons. The molecule has 1 aromatic carbocycles. The molecular formula is C12H14N2O4. The Morgan fingerprint density at radius 2 is 2.17 bits per heavy atom. The maximum Gasteiger partial charge on any atom is 0.414 e. The molecule has 0 saturated carbocycles. The number of ether oxygens (including phenoxy) is 2. The van der Waals surface area contributed by atoms with Gasteiger partial charge in [0.05, 0.1) is 19.2 Å². The molecule has 6 nitrogen and oxygen atoms in total. The van der Waals surface area contributed by atoms with Gasteiger partial charge in [-0.1, -0.05) is 0 Å². The number of cyclic esters (lactones) is 1. The van der Waals surface area contributed by atoms with Crippen molar-refractivity contribution in [2.75, 3.05) is 25.1 Å². The van der Waals surface area contributed by atoms with Crippen LogP contribution in [0, 0.1) is 0 Å².